The Morgan fingerprint density at radius 2 is 1.97 bits per heavy atom. The molecule has 8 nitrogen and oxygen atoms in total. The molecule has 0 saturated carbocycles. The summed E-state index contributed by atoms with van der Waals surface area (Å²) in [6, 6.07) is 1.90. The molecular weight excluding hydrogens is 455 g/mol. The number of cyclic esters (lactones) is 1. The average molecular weight is 470 g/mol. The van der Waals surface area contributed by atoms with Crippen molar-refractivity contribution in [1.29, 1.82) is 0 Å². The first-order chi connectivity index (χ1) is 13.6. The molecule has 1 atom stereocenters. The summed E-state index contributed by atoms with van der Waals surface area (Å²) in [5, 5.41) is 3.26. The number of amides is 2. The lowest BCUT2D eigenvalue weighted by atomic mass is 10.2. The quantitative estimate of drug-likeness (QED) is 0.661. The summed E-state index contributed by atoms with van der Waals surface area (Å²) in [6.45, 7) is -0.247. The summed E-state index contributed by atoms with van der Waals surface area (Å²) < 4.78 is 57.1. The Morgan fingerprint density at radius 1 is 1.31 bits per heavy atom. The van der Waals surface area contributed by atoms with Crippen LogP contribution in [0.3, 0.4) is 0 Å². The maximum Gasteiger partial charge on any atom is 0.414 e. The predicted octanol–water partition coefficient (Wildman–Crippen LogP) is 1.92. The molecule has 2 amide bonds. The number of hydrogen-bond donors (Lipinski definition) is 1. The fourth-order valence-electron chi connectivity index (χ4n) is 2.83. The largest absolute Gasteiger partial charge is 0.442 e. The predicted molar refractivity (Wildman–Crippen MR) is 103 cm³/mol. The standard InChI is InChI=1S/C16H15Cl2F2N3O5S/c17-14(18)15(24)21-7-10-8-23(16(25)28-10)9-5-11(19)13(12(20)6-9)22-1-3-29(26,27)4-2-22/h1,3,5-6,10,14H,2,4,7-8H2,(H,21,24). The van der Waals surface area contributed by atoms with Crippen molar-refractivity contribution in [2.75, 3.05) is 35.2 Å². The molecule has 3 rings (SSSR count). The molecule has 0 spiro atoms. The highest BCUT2D eigenvalue weighted by molar-refractivity contribution is 7.94. The van der Waals surface area contributed by atoms with Crippen molar-refractivity contribution in [3.05, 3.63) is 35.4 Å². The highest BCUT2D eigenvalue weighted by Crippen LogP contribution is 2.32. The SMILES string of the molecule is O=C(NCC1CN(c2cc(F)c(N3C=CS(=O)(=O)CC3)c(F)c2)C(=O)O1)C(Cl)Cl. The third-order valence-electron chi connectivity index (χ3n) is 4.24. The summed E-state index contributed by atoms with van der Waals surface area (Å²) in [5.74, 6) is -2.89. The minimum absolute atomic E-state index is 0.0611. The first-order valence-corrected chi connectivity index (χ1v) is 10.9. The number of carbonyl (C=O) groups is 2. The van der Waals surface area contributed by atoms with Gasteiger partial charge in [0.25, 0.3) is 5.91 Å². The van der Waals surface area contributed by atoms with Gasteiger partial charge in [-0.1, -0.05) is 23.2 Å². The van der Waals surface area contributed by atoms with Gasteiger partial charge in [0.2, 0.25) is 0 Å². The van der Waals surface area contributed by atoms with Crippen molar-refractivity contribution >= 4 is 56.4 Å². The molecular formula is C16H15Cl2F2N3O5S. The molecule has 2 aliphatic rings. The highest BCUT2D eigenvalue weighted by Gasteiger charge is 2.34. The second-order valence-corrected chi connectivity index (χ2v) is 9.37. The summed E-state index contributed by atoms with van der Waals surface area (Å²) in [7, 11) is -3.38. The molecule has 1 saturated heterocycles. The zero-order valence-corrected chi connectivity index (χ0v) is 17.0. The Morgan fingerprint density at radius 3 is 2.52 bits per heavy atom. The van der Waals surface area contributed by atoms with Crippen molar-refractivity contribution in [3.63, 3.8) is 0 Å². The van der Waals surface area contributed by atoms with Gasteiger partial charge in [0.05, 0.1) is 24.5 Å². The fourth-order valence-corrected chi connectivity index (χ4v) is 3.91. The highest BCUT2D eigenvalue weighted by atomic mass is 35.5. The second kappa shape index (κ2) is 8.33. The van der Waals surface area contributed by atoms with Crippen LogP contribution in [-0.4, -0.2) is 56.7 Å². The molecule has 0 aromatic heterocycles. The number of halogens is 4. The molecule has 1 N–H and O–H groups in total. The van der Waals surface area contributed by atoms with Gasteiger partial charge in [-0.25, -0.2) is 22.0 Å². The number of nitrogens with zero attached hydrogens (tertiary/aromatic N) is 2. The summed E-state index contributed by atoms with van der Waals surface area (Å²) in [6.07, 6.45) is -0.517. The van der Waals surface area contributed by atoms with Crippen LogP contribution in [0.4, 0.5) is 25.0 Å². The smallest absolute Gasteiger partial charge is 0.414 e. The number of alkyl halides is 2. The van der Waals surface area contributed by atoms with E-state index in [0.717, 1.165) is 33.5 Å². The van der Waals surface area contributed by atoms with E-state index in [1.807, 2.05) is 0 Å². The van der Waals surface area contributed by atoms with Crippen LogP contribution in [-0.2, 0) is 19.4 Å². The number of nitrogens with one attached hydrogen (secondary N) is 1. The topological polar surface area (TPSA) is 96.0 Å². The van der Waals surface area contributed by atoms with Crippen LogP contribution in [0.5, 0.6) is 0 Å². The zero-order valence-electron chi connectivity index (χ0n) is 14.6. The van der Waals surface area contributed by atoms with Gasteiger partial charge in [0, 0.05) is 30.3 Å². The average Bonchev–Trinajstić information content (AvgIpc) is 3.01. The monoisotopic (exact) mass is 469 g/mol. The lowest BCUT2D eigenvalue weighted by Gasteiger charge is -2.25. The maximum atomic E-state index is 14.6. The minimum atomic E-state index is -3.38. The van der Waals surface area contributed by atoms with E-state index in [1.165, 1.54) is 0 Å². The van der Waals surface area contributed by atoms with Gasteiger partial charge < -0.3 is 15.0 Å². The molecule has 1 unspecified atom stereocenters. The van der Waals surface area contributed by atoms with Crippen molar-refractivity contribution < 1.29 is 31.5 Å². The Labute approximate surface area is 174 Å². The third kappa shape index (κ3) is 4.90. The number of hydrogen-bond acceptors (Lipinski definition) is 6. The fraction of sp³-hybridized carbons (Fsp3) is 0.375. The van der Waals surface area contributed by atoms with Gasteiger partial charge >= 0.3 is 6.09 Å². The van der Waals surface area contributed by atoms with Crippen LogP contribution < -0.4 is 15.1 Å². The number of rotatable bonds is 5. The Balaban J connectivity index is 1.75. The molecule has 1 aromatic carbocycles. The first-order valence-electron chi connectivity index (χ1n) is 8.28. The van der Waals surface area contributed by atoms with Crippen molar-refractivity contribution in [3.8, 4) is 0 Å². The van der Waals surface area contributed by atoms with E-state index in [1.54, 1.807) is 0 Å². The van der Waals surface area contributed by atoms with Gasteiger partial charge in [0.15, 0.2) is 26.3 Å². The summed E-state index contributed by atoms with van der Waals surface area (Å²) >= 11 is 10.8. The van der Waals surface area contributed by atoms with Crippen molar-refractivity contribution in [2.45, 2.75) is 10.9 Å². The van der Waals surface area contributed by atoms with Gasteiger partial charge in [-0.15, -0.1) is 0 Å². The lowest BCUT2D eigenvalue weighted by molar-refractivity contribution is -0.119. The number of benzene rings is 1. The molecule has 158 valence electrons. The number of anilines is 2. The number of carbonyl (C=O) groups excluding carboxylic acids is 2. The summed E-state index contributed by atoms with van der Waals surface area (Å²) in [4.78, 5) is 24.3. The lowest BCUT2D eigenvalue weighted by Crippen LogP contribution is -2.37. The third-order valence-corrected chi connectivity index (χ3v) is 5.93. The molecule has 0 aliphatic carbocycles. The zero-order chi connectivity index (χ0) is 21.3. The van der Waals surface area contributed by atoms with Gasteiger partial charge in [-0.05, 0) is 0 Å². The van der Waals surface area contributed by atoms with Gasteiger partial charge in [-0.2, -0.15) is 0 Å². The maximum absolute atomic E-state index is 14.6. The van der Waals surface area contributed by atoms with Crippen LogP contribution in [0.1, 0.15) is 0 Å². The molecule has 2 heterocycles. The van der Waals surface area contributed by atoms with E-state index in [0.29, 0.717) is 0 Å². The summed E-state index contributed by atoms with van der Waals surface area (Å²) in [5.41, 5.74) is -0.504. The molecule has 0 radical (unpaired) electrons. The normalized spacial score (nSPS) is 20.9. The Bertz CT molecular complexity index is 950. The van der Waals surface area contributed by atoms with Crippen LogP contribution in [0, 0.1) is 11.6 Å². The Kier molecular flexibility index (Phi) is 6.20. The van der Waals surface area contributed by atoms with Crippen LogP contribution in [0.15, 0.2) is 23.7 Å². The van der Waals surface area contributed by atoms with E-state index >= 15 is 0 Å². The molecule has 13 heteroatoms. The van der Waals surface area contributed by atoms with Crippen LogP contribution in [0.25, 0.3) is 0 Å². The van der Waals surface area contributed by atoms with Crippen molar-refractivity contribution in [2.24, 2.45) is 0 Å². The first kappa shape index (κ1) is 21.6. The Hall–Kier alpha value is -2.11. The second-order valence-electron chi connectivity index (χ2n) is 6.27. The van der Waals surface area contributed by atoms with Crippen LogP contribution in [0.2, 0.25) is 0 Å². The van der Waals surface area contributed by atoms with E-state index in [4.69, 9.17) is 27.9 Å². The number of sulfone groups is 1. The molecule has 2 aliphatic heterocycles. The minimum Gasteiger partial charge on any atom is -0.442 e. The number of ether oxygens (including phenoxy) is 1. The van der Waals surface area contributed by atoms with E-state index < -0.39 is 50.1 Å². The van der Waals surface area contributed by atoms with E-state index in [-0.39, 0.29) is 31.1 Å². The van der Waals surface area contributed by atoms with Crippen LogP contribution >= 0.6 is 23.2 Å². The van der Waals surface area contributed by atoms with Gasteiger partial charge in [-0.3, -0.25) is 9.69 Å². The van der Waals surface area contributed by atoms with E-state index in [2.05, 4.69) is 5.32 Å². The van der Waals surface area contributed by atoms with E-state index in [9.17, 15) is 26.8 Å². The molecule has 1 fully saturated rings. The molecule has 1 aromatic rings. The van der Waals surface area contributed by atoms with Crippen molar-refractivity contribution in [1.82, 2.24) is 5.32 Å². The molecule has 29 heavy (non-hydrogen) atoms. The van der Waals surface area contributed by atoms with Gasteiger partial charge in [0.1, 0.15) is 11.8 Å². The molecule has 0 bridgehead atoms.